The van der Waals surface area contributed by atoms with Crippen molar-refractivity contribution in [1.82, 2.24) is 5.32 Å². The normalized spacial score (nSPS) is 49.6. The Balaban J connectivity index is 1.35. The first-order valence-electron chi connectivity index (χ1n) is 11.4. The molecule has 0 aromatic rings. The Bertz CT molecular complexity index is 713. The standard InChI is InChI=1S/C23H34N2O3/c1-22-8-5-14(25-28-15-7-10-24-13-15)11-19(22)20(26)12-16-17-3-4-21(27)23(17,2)9-6-18(16)22/h15-19,24H,3-13H2,1-2H3/t15?,16-,17-,18-,19?,22+,23-/m0/s1. The van der Waals surface area contributed by atoms with E-state index in [1.54, 1.807) is 0 Å². The Kier molecular flexibility index (Phi) is 4.46. The average molecular weight is 387 g/mol. The Labute approximate surface area is 168 Å². The summed E-state index contributed by atoms with van der Waals surface area (Å²) in [5.74, 6) is 2.38. The lowest BCUT2D eigenvalue weighted by Crippen LogP contribution is -2.56. The van der Waals surface area contributed by atoms with E-state index in [0.717, 1.165) is 70.2 Å². The van der Waals surface area contributed by atoms with Crippen LogP contribution < -0.4 is 5.32 Å². The van der Waals surface area contributed by atoms with Crippen molar-refractivity contribution in [3.05, 3.63) is 0 Å². The zero-order valence-corrected chi connectivity index (χ0v) is 17.3. The number of nitrogens with zero attached hydrogens (tertiary/aromatic N) is 1. The monoisotopic (exact) mass is 386 g/mol. The van der Waals surface area contributed by atoms with Gasteiger partial charge in [-0.1, -0.05) is 19.0 Å². The minimum atomic E-state index is -0.158. The van der Waals surface area contributed by atoms with Crippen LogP contribution in [0.1, 0.15) is 71.6 Å². The maximum absolute atomic E-state index is 13.3. The summed E-state index contributed by atoms with van der Waals surface area (Å²) in [6, 6.07) is 0. The van der Waals surface area contributed by atoms with Crippen molar-refractivity contribution < 1.29 is 14.4 Å². The predicted molar refractivity (Wildman–Crippen MR) is 107 cm³/mol. The topological polar surface area (TPSA) is 67.8 Å². The zero-order valence-electron chi connectivity index (χ0n) is 17.3. The summed E-state index contributed by atoms with van der Waals surface area (Å²) in [6.07, 6.45) is 8.50. The zero-order chi connectivity index (χ0) is 19.5. The number of carbonyl (C=O) groups is 2. The van der Waals surface area contributed by atoms with Crippen molar-refractivity contribution in [1.29, 1.82) is 0 Å². The molecule has 154 valence electrons. The van der Waals surface area contributed by atoms with Gasteiger partial charge in [0.1, 0.15) is 17.7 Å². The molecule has 28 heavy (non-hydrogen) atoms. The molecule has 5 heteroatoms. The summed E-state index contributed by atoms with van der Waals surface area (Å²) < 4.78 is 0. The summed E-state index contributed by atoms with van der Waals surface area (Å²) in [5.41, 5.74) is 0.994. The minimum Gasteiger partial charge on any atom is -0.391 e. The number of nitrogens with one attached hydrogen (secondary N) is 1. The fourth-order valence-corrected chi connectivity index (χ4v) is 7.57. The highest BCUT2D eigenvalue weighted by Crippen LogP contribution is 2.64. The highest BCUT2D eigenvalue weighted by molar-refractivity contribution is 5.93. The second kappa shape index (κ2) is 6.65. The van der Waals surface area contributed by atoms with Crippen LogP contribution in [0.2, 0.25) is 0 Å². The molecule has 2 unspecified atom stereocenters. The Hall–Kier alpha value is -1.23. The van der Waals surface area contributed by atoms with Crippen LogP contribution in [-0.4, -0.2) is 36.5 Å². The molecule has 1 aliphatic heterocycles. The van der Waals surface area contributed by atoms with E-state index in [-0.39, 0.29) is 22.9 Å². The molecule has 0 radical (unpaired) electrons. The van der Waals surface area contributed by atoms with Crippen LogP contribution >= 0.6 is 0 Å². The van der Waals surface area contributed by atoms with Crippen molar-refractivity contribution in [3.8, 4) is 0 Å². The summed E-state index contributed by atoms with van der Waals surface area (Å²) in [4.78, 5) is 31.6. The molecule has 0 amide bonds. The maximum atomic E-state index is 13.3. The molecule has 0 bridgehead atoms. The Morgan fingerprint density at radius 2 is 1.89 bits per heavy atom. The number of oxime groups is 1. The van der Waals surface area contributed by atoms with Gasteiger partial charge in [-0.25, -0.2) is 0 Å². The van der Waals surface area contributed by atoms with Crippen LogP contribution in [-0.2, 0) is 14.4 Å². The number of carbonyl (C=O) groups excluding carboxylic acids is 2. The van der Waals surface area contributed by atoms with Crippen LogP contribution in [0.5, 0.6) is 0 Å². The molecule has 1 saturated heterocycles. The van der Waals surface area contributed by atoms with Gasteiger partial charge >= 0.3 is 0 Å². The molecule has 0 aromatic heterocycles. The molecule has 0 spiro atoms. The summed E-state index contributed by atoms with van der Waals surface area (Å²) in [5, 5.41) is 7.78. The predicted octanol–water partition coefficient (Wildman–Crippen LogP) is 3.51. The third-order valence-corrected chi connectivity index (χ3v) is 9.35. The highest BCUT2D eigenvalue weighted by Gasteiger charge is 2.62. The van der Waals surface area contributed by atoms with E-state index in [2.05, 4.69) is 24.3 Å². The van der Waals surface area contributed by atoms with Gasteiger partial charge in [0.15, 0.2) is 0 Å². The summed E-state index contributed by atoms with van der Waals surface area (Å²) in [6.45, 7) is 6.42. The van der Waals surface area contributed by atoms with E-state index in [9.17, 15) is 9.59 Å². The summed E-state index contributed by atoms with van der Waals surface area (Å²) in [7, 11) is 0. The Morgan fingerprint density at radius 3 is 2.68 bits per heavy atom. The number of rotatable bonds is 2. The molecule has 4 aliphatic carbocycles. The molecule has 4 saturated carbocycles. The van der Waals surface area contributed by atoms with E-state index >= 15 is 0 Å². The second-order valence-electron chi connectivity index (χ2n) is 10.6. The van der Waals surface area contributed by atoms with Gasteiger partial charge in [0.25, 0.3) is 0 Å². The van der Waals surface area contributed by atoms with Crippen LogP contribution in [0.25, 0.3) is 0 Å². The molecule has 1 N–H and O–H groups in total. The quantitative estimate of drug-likeness (QED) is 0.738. The highest BCUT2D eigenvalue weighted by atomic mass is 16.6. The summed E-state index contributed by atoms with van der Waals surface area (Å²) >= 11 is 0. The van der Waals surface area contributed by atoms with Gasteiger partial charge in [-0.2, -0.15) is 0 Å². The van der Waals surface area contributed by atoms with Crippen molar-refractivity contribution in [2.24, 2.45) is 39.7 Å². The van der Waals surface area contributed by atoms with E-state index in [4.69, 9.17) is 4.84 Å². The van der Waals surface area contributed by atoms with Gasteiger partial charge in [-0.05, 0) is 68.2 Å². The van der Waals surface area contributed by atoms with E-state index in [1.165, 1.54) is 0 Å². The first-order valence-corrected chi connectivity index (χ1v) is 11.4. The lowest BCUT2D eigenvalue weighted by atomic mass is 9.45. The fraction of sp³-hybridized carbons (Fsp3) is 0.870. The smallest absolute Gasteiger partial charge is 0.141 e. The molecule has 5 rings (SSSR count). The molecule has 5 fully saturated rings. The van der Waals surface area contributed by atoms with Crippen molar-refractivity contribution in [2.75, 3.05) is 13.1 Å². The van der Waals surface area contributed by atoms with E-state index in [0.29, 0.717) is 35.7 Å². The largest absolute Gasteiger partial charge is 0.391 e. The molecule has 5 aliphatic rings. The third kappa shape index (κ3) is 2.72. The van der Waals surface area contributed by atoms with Crippen LogP contribution in [0.4, 0.5) is 0 Å². The van der Waals surface area contributed by atoms with E-state index in [1.807, 2.05) is 0 Å². The Morgan fingerprint density at radius 1 is 1.04 bits per heavy atom. The molecular formula is C23H34N2O3. The lowest BCUT2D eigenvalue weighted by molar-refractivity contribution is -0.152. The SMILES string of the molecule is C[C@]12CCC(=NOC3CCNC3)CC1C(=O)C[C@@H]1[C@@H]2CC[C@]2(C)C(=O)CC[C@@H]12. The lowest BCUT2D eigenvalue weighted by Gasteiger charge is -2.58. The first-order chi connectivity index (χ1) is 13.4. The van der Waals surface area contributed by atoms with Gasteiger partial charge in [-0.15, -0.1) is 0 Å². The van der Waals surface area contributed by atoms with Crippen LogP contribution in [0.3, 0.4) is 0 Å². The van der Waals surface area contributed by atoms with Crippen molar-refractivity contribution in [2.45, 2.75) is 77.7 Å². The van der Waals surface area contributed by atoms with E-state index < -0.39 is 0 Å². The number of fused-ring (bicyclic) bond motifs is 5. The van der Waals surface area contributed by atoms with Gasteiger partial charge in [0, 0.05) is 37.1 Å². The number of hydrogen-bond acceptors (Lipinski definition) is 5. The number of hydrogen-bond donors (Lipinski definition) is 1. The molecule has 5 nitrogen and oxygen atoms in total. The van der Waals surface area contributed by atoms with Crippen LogP contribution in [0, 0.1) is 34.5 Å². The number of Topliss-reactive ketones (excluding diaryl/α,β-unsaturated/α-hetero) is 2. The van der Waals surface area contributed by atoms with Gasteiger partial charge in [0.2, 0.25) is 0 Å². The maximum Gasteiger partial charge on any atom is 0.141 e. The van der Waals surface area contributed by atoms with Crippen molar-refractivity contribution in [3.63, 3.8) is 0 Å². The van der Waals surface area contributed by atoms with Gasteiger partial charge in [-0.3, -0.25) is 9.59 Å². The molecular weight excluding hydrogens is 352 g/mol. The average Bonchev–Trinajstić information content (AvgIpc) is 3.29. The minimum absolute atomic E-state index is 0.0703. The molecule has 1 heterocycles. The third-order valence-electron chi connectivity index (χ3n) is 9.35. The van der Waals surface area contributed by atoms with Crippen molar-refractivity contribution >= 4 is 17.3 Å². The van der Waals surface area contributed by atoms with Gasteiger partial charge < -0.3 is 10.2 Å². The second-order valence-corrected chi connectivity index (χ2v) is 10.6. The first kappa shape index (κ1) is 18.8. The number of ketones is 2. The van der Waals surface area contributed by atoms with Crippen LogP contribution in [0.15, 0.2) is 5.16 Å². The fourth-order valence-electron chi connectivity index (χ4n) is 7.57. The van der Waals surface area contributed by atoms with Gasteiger partial charge in [0.05, 0.1) is 5.71 Å². The molecule has 0 aromatic carbocycles. The molecule has 7 atom stereocenters.